The monoisotopic (exact) mass is 1020 g/mol. The van der Waals surface area contributed by atoms with E-state index in [1.165, 1.54) is 11.8 Å². The molecular weight excluding hydrogens is 952 g/mol. The molecule has 0 radical (unpaired) electrons. The first-order chi connectivity index (χ1) is 34.0. The summed E-state index contributed by atoms with van der Waals surface area (Å²) in [5.41, 5.74) is 5.94. The SMILES string of the molecule is CC(=O)OC1CC(C(=O)N[C@@H](C)c2ccc(-c3scnc3C)cc2)N(C(=O)C(NC(=O)COCCCCC#Cc2ccc3c(c2)C(=O)N(C2C(C)(C)C(Oc4ccc(C#N)c(Cl)c4)C2(C)C)C3)C(C)(C)C)C1. The minimum absolute atomic E-state index is 0.00728. The minimum Gasteiger partial charge on any atom is -0.489 e. The number of benzene rings is 3. The van der Waals surface area contributed by atoms with Gasteiger partial charge in [-0.05, 0) is 73.1 Å². The lowest BCUT2D eigenvalue weighted by atomic mass is 9.49. The summed E-state index contributed by atoms with van der Waals surface area (Å²) >= 11 is 7.86. The fourth-order valence-corrected chi connectivity index (χ4v) is 11.9. The van der Waals surface area contributed by atoms with Gasteiger partial charge in [0.2, 0.25) is 17.7 Å². The van der Waals surface area contributed by atoms with Crippen LogP contribution in [0.4, 0.5) is 0 Å². The standard InChI is InChI=1S/C56H65ClN6O8S/c1-33(37-18-20-38(21-19-37)47-34(2)59-32-72-47)60-49(66)45-27-42(70-35(3)64)30-62(45)51(68)48(54(4,5)6)61-46(65)31-69-24-14-12-11-13-15-36-16-17-40-29-63(50(67)43(40)25-36)52-55(7,8)53(56(52,9)10)71-41-23-22-39(28-58)44(57)26-41/h16-23,25-26,32-33,42,45,48,52-53H,11-12,14,24,27,29-31H2,1-10H3,(H,60,66)(H,61,65)/t33-,42?,45?,48?,52?,53?/m0/s1. The first-order valence-electron chi connectivity index (χ1n) is 24.5. The summed E-state index contributed by atoms with van der Waals surface area (Å²) in [6.07, 6.45) is 1.17. The average molecular weight is 1020 g/mol. The van der Waals surface area contributed by atoms with Crippen molar-refractivity contribution >= 4 is 52.5 Å². The fourth-order valence-electron chi connectivity index (χ4n) is 10.9. The lowest BCUT2D eigenvalue weighted by Gasteiger charge is -2.65. The van der Waals surface area contributed by atoms with E-state index >= 15 is 0 Å². The van der Waals surface area contributed by atoms with Gasteiger partial charge in [0.25, 0.3) is 5.91 Å². The van der Waals surface area contributed by atoms with Gasteiger partial charge in [-0.1, -0.05) is 102 Å². The number of carbonyl (C=O) groups excluding carboxylic acids is 5. The molecule has 1 aliphatic carbocycles. The van der Waals surface area contributed by atoms with Gasteiger partial charge in [0.1, 0.15) is 42.7 Å². The highest BCUT2D eigenvalue weighted by atomic mass is 35.5. The van der Waals surface area contributed by atoms with Gasteiger partial charge < -0.3 is 34.6 Å². The van der Waals surface area contributed by atoms with Crippen molar-refractivity contribution in [2.24, 2.45) is 16.2 Å². The molecule has 72 heavy (non-hydrogen) atoms. The number of nitrogens with one attached hydrogen (secondary N) is 2. The predicted octanol–water partition coefficient (Wildman–Crippen LogP) is 8.96. The molecule has 1 saturated heterocycles. The Bertz CT molecular complexity index is 2800. The first kappa shape index (κ1) is 53.5. The molecular formula is C56H65ClN6O8S. The Morgan fingerprint density at radius 1 is 1.00 bits per heavy atom. The highest BCUT2D eigenvalue weighted by Crippen LogP contribution is 2.59. The molecule has 1 saturated carbocycles. The molecule has 1 aromatic heterocycles. The third-order valence-electron chi connectivity index (χ3n) is 14.0. The number of aromatic nitrogens is 1. The number of carbonyl (C=O) groups is 5. The number of halogens is 1. The number of thiazole rings is 1. The number of nitrogens with zero attached hydrogens (tertiary/aromatic N) is 4. The van der Waals surface area contributed by atoms with Crippen LogP contribution in [-0.4, -0.2) is 94.5 Å². The zero-order valence-corrected chi connectivity index (χ0v) is 44.4. The predicted molar refractivity (Wildman–Crippen MR) is 276 cm³/mol. The van der Waals surface area contributed by atoms with Crippen LogP contribution in [0.3, 0.4) is 0 Å². The number of rotatable bonds is 16. The van der Waals surface area contributed by atoms with Crippen molar-refractivity contribution in [1.29, 1.82) is 5.26 Å². The number of unbranched alkanes of at least 4 members (excludes halogenated alkanes) is 2. The molecule has 3 heterocycles. The smallest absolute Gasteiger partial charge is 0.302 e. The van der Waals surface area contributed by atoms with Crippen molar-refractivity contribution in [3.63, 3.8) is 0 Å². The highest BCUT2D eigenvalue weighted by molar-refractivity contribution is 7.13. The van der Waals surface area contributed by atoms with Crippen LogP contribution in [0.2, 0.25) is 5.02 Å². The van der Waals surface area contributed by atoms with Crippen molar-refractivity contribution in [1.82, 2.24) is 25.4 Å². The van der Waals surface area contributed by atoms with Crippen LogP contribution < -0.4 is 15.4 Å². The number of hydrogen-bond donors (Lipinski definition) is 2. The zero-order valence-electron chi connectivity index (χ0n) is 42.8. The van der Waals surface area contributed by atoms with Crippen LogP contribution >= 0.6 is 22.9 Å². The number of ether oxygens (including phenoxy) is 3. The van der Waals surface area contributed by atoms with Gasteiger partial charge in [0, 0.05) is 67.0 Å². The normalized spacial score (nSPS) is 20.5. The molecule has 380 valence electrons. The van der Waals surface area contributed by atoms with E-state index in [4.69, 9.17) is 25.8 Å². The molecule has 0 spiro atoms. The van der Waals surface area contributed by atoms with Crippen LogP contribution in [0, 0.1) is 46.3 Å². The van der Waals surface area contributed by atoms with Gasteiger partial charge in [-0.25, -0.2) is 4.98 Å². The number of aryl methyl sites for hydroxylation is 1. The molecule has 16 heteroatoms. The van der Waals surface area contributed by atoms with Crippen molar-refractivity contribution in [3.8, 4) is 34.1 Å². The Hall–Kier alpha value is -6.26. The summed E-state index contributed by atoms with van der Waals surface area (Å²) in [4.78, 5) is 76.3. The highest BCUT2D eigenvalue weighted by Gasteiger charge is 2.67. The Morgan fingerprint density at radius 2 is 1.72 bits per heavy atom. The number of amides is 4. The van der Waals surface area contributed by atoms with E-state index in [1.807, 2.05) is 87.5 Å². The molecule has 3 aliphatic rings. The number of nitriles is 1. The van der Waals surface area contributed by atoms with E-state index in [9.17, 15) is 29.2 Å². The Kier molecular flexibility index (Phi) is 16.2. The second-order valence-corrected chi connectivity index (χ2v) is 22.6. The summed E-state index contributed by atoms with van der Waals surface area (Å²) in [5.74, 6) is 5.15. The van der Waals surface area contributed by atoms with Crippen molar-refractivity contribution < 1.29 is 38.2 Å². The molecule has 2 aliphatic heterocycles. The summed E-state index contributed by atoms with van der Waals surface area (Å²) in [6, 6.07) is 18.4. The quantitative estimate of drug-likeness (QED) is 0.0625. The maximum absolute atomic E-state index is 14.3. The molecule has 2 fully saturated rings. The van der Waals surface area contributed by atoms with Crippen molar-refractivity contribution in [2.45, 2.75) is 138 Å². The van der Waals surface area contributed by atoms with Gasteiger partial charge in [-0.3, -0.25) is 24.0 Å². The van der Waals surface area contributed by atoms with Crippen LogP contribution in [0.5, 0.6) is 5.75 Å². The van der Waals surface area contributed by atoms with Crippen molar-refractivity contribution in [3.05, 3.63) is 105 Å². The van der Waals surface area contributed by atoms with Gasteiger partial charge in [-0.2, -0.15) is 5.26 Å². The zero-order chi connectivity index (χ0) is 52.3. The summed E-state index contributed by atoms with van der Waals surface area (Å²) in [5, 5.41) is 15.5. The van der Waals surface area contributed by atoms with Gasteiger partial charge in [0.05, 0.1) is 39.3 Å². The third-order valence-corrected chi connectivity index (χ3v) is 15.3. The molecule has 3 unspecified atom stereocenters. The van der Waals surface area contributed by atoms with Crippen molar-refractivity contribution in [2.75, 3.05) is 19.8 Å². The largest absolute Gasteiger partial charge is 0.489 e. The van der Waals surface area contributed by atoms with E-state index in [2.05, 4.69) is 61.2 Å². The topological polar surface area (TPSA) is 180 Å². The lowest BCUT2D eigenvalue weighted by molar-refractivity contribution is -0.199. The molecule has 4 amide bonds. The third kappa shape index (κ3) is 11.7. The summed E-state index contributed by atoms with van der Waals surface area (Å²) < 4.78 is 17.7. The van der Waals surface area contributed by atoms with Crippen LogP contribution in [0.1, 0.15) is 132 Å². The van der Waals surface area contributed by atoms with Crippen LogP contribution in [0.15, 0.2) is 66.2 Å². The van der Waals surface area contributed by atoms with Gasteiger partial charge in [0.15, 0.2) is 0 Å². The van der Waals surface area contributed by atoms with Crippen LogP contribution in [-0.2, 0) is 35.2 Å². The van der Waals surface area contributed by atoms with E-state index in [0.29, 0.717) is 47.9 Å². The summed E-state index contributed by atoms with van der Waals surface area (Å²) in [7, 11) is 0. The molecule has 14 nitrogen and oxygen atoms in total. The van der Waals surface area contributed by atoms with E-state index in [-0.39, 0.29) is 60.4 Å². The number of hydrogen-bond acceptors (Lipinski definition) is 11. The van der Waals surface area contributed by atoms with E-state index < -0.39 is 41.4 Å². The fraction of sp³-hybridized carbons (Fsp3) is 0.482. The number of esters is 1. The Labute approximate surface area is 432 Å². The molecule has 4 aromatic rings. The van der Waals surface area contributed by atoms with Gasteiger partial charge >= 0.3 is 5.97 Å². The Morgan fingerprint density at radius 3 is 2.36 bits per heavy atom. The molecule has 3 aromatic carbocycles. The maximum Gasteiger partial charge on any atom is 0.302 e. The lowest BCUT2D eigenvalue weighted by Crippen LogP contribution is -2.74. The summed E-state index contributed by atoms with van der Waals surface area (Å²) in [6.45, 7) is 19.6. The molecule has 4 atom stereocenters. The Balaban J connectivity index is 0.872. The second-order valence-electron chi connectivity index (χ2n) is 21.4. The maximum atomic E-state index is 14.3. The van der Waals surface area contributed by atoms with Gasteiger partial charge in [-0.15, -0.1) is 11.3 Å². The average Bonchev–Trinajstić information content (AvgIpc) is 4.03. The number of likely N-dealkylation sites (tertiary alicyclic amines) is 1. The molecule has 7 rings (SSSR count). The molecule has 0 bridgehead atoms. The number of fused-ring (bicyclic) bond motifs is 1. The molecule has 2 N–H and O–H groups in total. The minimum atomic E-state index is -1.00. The van der Waals surface area contributed by atoms with E-state index in [1.54, 1.807) is 29.5 Å². The second kappa shape index (κ2) is 21.8. The first-order valence-corrected chi connectivity index (χ1v) is 25.7. The van der Waals surface area contributed by atoms with Crippen LogP contribution in [0.25, 0.3) is 10.4 Å². The van der Waals surface area contributed by atoms with E-state index in [0.717, 1.165) is 39.2 Å².